The van der Waals surface area contributed by atoms with Crippen molar-refractivity contribution in [3.05, 3.63) is 21.9 Å². The molecule has 2 heterocycles. The van der Waals surface area contributed by atoms with E-state index in [0.717, 1.165) is 6.42 Å². The number of aryl methyl sites for hydroxylation is 1. The minimum Gasteiger partial charge on any atom is -0.378 e. The van der Waals surface area contributed by atoms with Crippen molar-refractivity contribution in [2.45, 2.75) is 31.3 Å². The Balaban J connectivity index is 1.65. The van der Waals surface area contributed by atoms with Crippen LogP contribution in [0.2, 0.25) is 0 Å². The Hall–Kier alpha value is -1.40. The molecule has 3 atom stereocenters. The molecular weight excluding hydrogens is 276 g/mol. The van der Waals surface area contributed by atoms with Crippen LogP contribution < -0.4 is 5.73 Å². The van der Waals surface area contributed by atoms with E-state index in [9.17, 15) is 14.7 Å². The molecular formula is C14H18N2O3S. The van der Waals surface area contributed by atoms with Crippen molar-refractivity contribution in [1.82, 2.24) is 4.90 Å². The summed E-state index contributed by atoms with van der Waals surface area (Å²) in [6.07, 6.45) is 1.11. The molecule has 1 aliphatic carbocycles. The standard InChI is InChI=1S/C14H18N2O3S/c1-8-2-5-20-11(8)9-6-10(9)12(17)16-4-3-14(19,7-16)13(15)18/h2,5,9-10,19H,3-4,6-7H2,1H3,(H2,15,18)/t9-,10-,14-/m1/s1. The number of carbonyl (C=O) groups is 2. The molecule has 20 heavy (non-hydrogen) atoms. The average molecular weight is 294 g/mol. The molecule has 2 fully saturated rings. The fourth-order valence-electron chi connectivity index (χ4n) is 2.94. The zero-order chi connectivity index (χ0) is 14.5. The van der Waals surface area contributed by atoms with E-state index >= 15 is 0 Å². The number of primary amides is 1. The van der Waals surface area contributed by atoms with Gasteiger partial charge in [-0.05, 0) is 30.4 Å². The highest BCUT2D eigenvalue weighted by molar-refractivity contribution is 7.10. The number of aliphatic hydroxyl groups is 1. The summed E-state index contributed by atoms with van der Waals surface area (Å²) in [6.45, 7) is 2.51. The molecule has 0 unspecified atom stereocenters. The lowest BCUT2D eigenvalue weighted by atomic mass is 10.0. The summed E-state index contributed by atoms with van der Waals surface area (Å²) in [6, 6.07) is 2.07. The van der Waals surface area contributed by atoms with Crippen LogP contribution in [0.3, 0.4) is 0 Å². The van der Waals surface area contributed by atoms with Crippen LogP contribution in [-0.4, -0.2) is 40.5 Å². The lowest BCUT2D eigenvalue weighted by Gasteiger charge is -2.20. The third-order valence-electron chi connectivity index (χ3n) is 4.36. The van der Waals surface area contributed by atoms with Gasteiger partial charge in [0, 0.05) is 29.7 Å². The fourth-order valence-corrected chi connectivity index (χ4v) is 4.05. The first-order chi connectivity index (χ1) is 9.42. The number of hydrogen-bond donors (Lipinski definition) is 2. The second kappa shape index (κ2) is 4.56. The first-order valence-electron chi connectivity index (χ1n) is 6.77. The largest absolute Gasteiger partial charge is 0.378 e. The highest BCUT2D eigenvalue weighted by Crippen LogP contribution is 2.51. The van der Waals surface area contributed by atoms with E-state index in [4.69, 9.17) is 5.73 Å². The number of hydrogen-bond acceptors (Lipinski definition) is 4. The molecule has 0 radical (unpaired) electrons. The summed E-state index contributed by atoms with van der Waals surface area (Å²) in [5.74, 6) is -0.387. The zero-order valence-corrected chi connectivity index (χ0v) is 12.2. The Bertz CT molecular complexity index is 571. The maximum absolute atomic E-state index is 12.4. The van der Waals surface area contributed by atoms with E-state index in [1.165, 1.54) is 10.4 Å². The highest BCUT2D eigenvalue weighted by atomic mass is 32.1. The second-order valence-electron chi connectivity index (χ2n) is 5.82. The van der Waals surface area contributed by atoms with Gasteiger partial charge in [-0.15, -0.1) is 11.3 Å². The molecule has 1 saturated carbocycles. The third-order valence-corrected chi connectivity index (χ3v) is 5.52. The molecule has 0 spiro atoms. The van der Waals surface area contributed by atoms with Crippen molar-refractivity contribution in [2.24, 2.45) is 11.7 Å². The van der Waals surface area contributed by atoms with Gasteiger partial charge in [0.25, 0.3) is 5.91 Å². The fraction of sp³-hybridized carbons (Fsp3) is 0.571. The normalized spacial score (nSPS) is 32.4. The van der Waals surface area contributed by atoms with Gasteiger partial charge >= 0.3 is 0 Å². The molecule has 5 nitrogen and oxygen atoms in total. The second-order valence-corrected chi connectivity index (χ2v) is 6.77. The van der Waals surface area contributed by atoms with E-state index in [0.29, 0.717) is 12.5 Å². The summed E-state index contributed by atoms with van der Waals surface area (Å²) >= 11 is 1.69. The Morgan fingerprint density at radius 3 is 2.85 bits per heavy atom. The van der Waals surface area contributed by atoms with Gasteiger partial charge in [-0.2, -0.15) is 0 Å². The van der Waals surface area contributed by atoms with Crippen LogP contribution in [0.25, 0.3) is 0 Å². The minimum atomic E-state index is -1.54. The number of carbonyl (C=O) groups excluding carboxylic acids is 2. The maximum Gasteiger partial charge on any atom is 0.251 e. The Morgan fingerprint density at radius 1 is 1.55 bits per heavy atom. The van der Waals surface area contributed by atoms with E-state index in [1.807, 2.05) is 5.38 Å². The molecule has 1 aliphatic heterocycles. The first kappa shape index (κ1) is 13.6. The number of amides is 2. The molecule has 3 N–H and O–H groups in total. The lowest BCUT2D eigenvalue weighted by molar-refractivity contribution is -0.137. The molecule has 2 amide bonds. The summed E-state index contributed by atoms with van der Waals surface area (Å²) in [4.78, 5) is 26.5. The topological polar surface area (TPSA) is 83.6 Å². The van der Waals surface area contributed by atoms with Gasteiger partial charge in [0.15, 0.2) is 5.60 Å². The molecule has 0 aromatic carbocycles. The van der Waals surface area contributed by atoms with E-state index < -0.39 is 11.5 Å². The van der Waals surface area contributed by atoms with Crippen molar-refractivity contribution >= 4 is 23.2 Å². The molecule has 6 heteroatoms. The molecule has 0 bridgehead atoms. The van der Waals surface area contributed by atoms with Gasteiger partial charge < -0.3 is 15.7 Å². The monoisotopic (exact) mass is 294 g/mol. The molecule has 3 rings (SSSR count). The van der Waals surface area contributed by atoms with Gasteiger partial charge in [0.1, 0.15) is 0 Å². The Kier molecular flexibility index (Phi) is 3.10. The maximum atomic E-state index is 12.4. The molecule has 108 valence electrons. The summed E-state index contributed by atoms with van der Waals surface area (Å²) in [5.41, 5.74) is 4.88. The van der Waals surface area contributed by atoms with Crippen molar-refractivity contribution in [3.63, 3.8) is 0 Å². The number of nitrogens with zero attached hydrogens (tertiary/aromatic N) is 1. The molecule has 1 aromatic rings. The predicted octanol–water partition coefficient (Wildman–Crippen LogP) is 0.609. The summed E-state index contributed by atoms with van der Waals surface area (Å²) in [5, 5.41) is 12.1. The average Bonchev–Trinajstić information content (AvgIpc) is 2.90. The number of likely N-dealkylation sites (tertiary alicyclic amines) is 1. The summed E-state index contributed by atoms with van der Waals surface area (Å²) < 4.78 is 0. The van der Waals surface area contributed by atoms with Gasteiger partial charge in [-0.1, -0.05) is 0 Å². The van der Waals surface area contributed by atoms with Crippen molar-refractivity contribution in [2.75, 3.05) is 13.1 Å². The van der Waals surface area contributed by atoms with Crippen molar-refractivity contribution in [3.8, 4) is 0 Å². The third kappa shape index (κ3) is 2.13. The highest BCUT2D eigenvalue weighted by Gasteiger charge is 2.51. The predicted molar refractivity (Wildman–Crippen MR) is 75.2 cm³/mol. The van der Waals surface area contributed by atoms with Gasteiger partial charge in [0.2, 0.25) is 5.91 Å². The molecule has 1 saturated heterocycles. The number of β-amino-alcohol motifs (C(OH)–C–C–N with tert-alkyl or cyclic N) is 1. The summed E-state index contributed by atoms with van der Waals surface area (Å²) in [7, 11) is 0. The van der Waals surface area contributed by atoms with Gasteiger partial charge in [-0.3, -0.25) is 9.59 Å². The van der Waals surface area contributed by atoms with Crippen LogP contribution in [0.4, 0.5) is 0 Å². The number of nitrogens with two attached hydrogens (primary N) is 1. The number of rotatable bonds is 3. The first-order valence-corrected chi connectivity index (χ1v) is 7.65. The van der Waals surface area contributed by atoms with Crippen molar-refractivity contribution in [1.29, 1.82) is 0 Å². The van der Waals surface area contributed by atoms with Gasteiger partial charge in [0.05, 0.1) is 6.54 Å². The van der Waals surface area contributed by atoms with Crippen LogP contribution in [0, 0.1) is 12.8 Å². The smallest absolute Gasteiger partial charge is 0.251 e. The van der Waals surface area contributed by atoms with Crippen LogP contribution in [0.1, 0.15) is 29.2 Å². The Labute approximate surface area is 121 Å². The van der Waals surface area contributed by atoms with Crippen LogP contribution >= 0.6 is 11.3 Å². The SMILES string of the molecule is Cc1ccsc1[C@@H]1C[C@H]1C(=O)N1CC[C@](O)(C(N)=O)C1. The Morgan fingerprint density at radius 2 is 2.30 bits per heavy atom. The lowest BCUT2D eigenvalue weighted by Crippen LogP contribution is -2.47. The van der Waals surface area contributed by atoms with Crippen LogP contribution in [0.15, 0.2) is 11.4 Å². The van der Waals surface area contributed by atoms with E-state index in [-0.39, 0.29) is 24.8 Å². The zero-order valence-electron chi connectivity index (χ0n) is 11.3. The number of thiophene rings is 1. The van der Waals surface area contributed by atoms with E-state index in [1.54, 1.807) is 16.2 Å². The van der Waals surface area contributed by atoms with Crippen molar-refractivity contribution < 1.29 is 14.7 Å². The van der Waals surface area contributed by atoms with Crippen LogP contribution in [-0.2, 0) is 9.59 Å². The van der Waals surface area contributed by atoms with Gasteiger partial charge in [-0.25, -0.2) is 0 Å². The molecule has 2 aliphatic rings. The van der Waals surface area contributed by atoms with Crippen LogP contribution in [0.5, 0.6) is 0 Å². The minimum absolute atomic E-state index is 0.00239. The molecule has 1 aromatic heterocycles. The van der Waals surface area contributed by atoms with E-state index in [2.05, 4.69) is 13.0 Å². The quantitative estimate of drug-likeness (QED) is 0.856.